The first-order valence-corrected chi connectivity index (χ1v) is 15.3. The number of halogens is 1. The number of esters is 2. The zero-order valence-electron chi connectivity index (χ0n) is 25.2. The summed E-state index contributed by atoms with van der Waals surface area (Å²) in [6.07, 6.45) is 0. The second kappa shape index (κ2) is 15.0. The predicted octanol–water partition coefficient (Wildman–Crippen LogP) is 9.60. The van der Waals surface area contributed by atoms with Crippen molar-refractivity contribution in [2.24, 2.45) is 0 Å². The molecule has 0 saturated heterocycles. The van der Waals surface area contributed by atoms with Crippen LogP contribution in [0.5, 0.6) is 23.0 Å². The van der Waals surface area contributed by atoms with Crippen molar-refractivity contribution >= 4 is 23.5 Å². The first-order chi connectivity index (χ1) is 23.0. The molecule has 6 nitrogen and oxygen atoms in total. The van der Waals surface area contributed by atoms with Crippen molar-refractivity contribution in [2.75, 3.05) is 0 Å². The Labute approximate surface area is 277 Å². The molecule has 0 aromatic heterocycles. The van der Waals surface area contributed by atoms with Crippen molar-refractivity contribution in [3.05, 3.63) is 179 Å². The molecule has 6 aromatic rings. The molecule has 0 N–H and O–H groups in total. The molecule has 0 bridgehead atoms. The zero-order chi connectivity index (χ0) is 32.4. The van der Waals surface area contributed by atoms with Crippen molar-refractivity contribution in [2.45, 2.75) is 13.2 Å². The predicted molar refractivity (Wildman–Crippen MR) is 181 cm³/mol. The van der Waals surface area contributed by atoms with Gasteiger partial charge in [0.1, 0.15) is 36.2 Å². The van der Waals surface area contributed by atoms with E-state index in [0.29, 0.717) is 41.6 Å². The molecule has 7 heteroatoms. The Balaban J connectivity index is 1.04. The van der Waals surface area contributed by atoms with Gasteiger partial charge < -0.3 is 18.9 Å². The standard InChI is InChI=1S/C40H29ClO6/c41-37-25-33(18-23-38(37)47-40(43)31-16-21-35(22-17-31)45-27-29-10-5-2-6-11-29)32-12-7-13-36(24-32)46-39(42)30-14-19-34(20-15-30)44-26-28-8-3-1-4-9-28/h1-25H,26-27H2. The minimum absolute atomic E-state index is 0.226. The number of carbonyl (C=O) groups excluding carboxylic acids is 2. The number of hydrogen-bond acceptors (Lipinski definition) is 6. The van der Waals surface area contributed by atoms with Gasteiger partial charge in [-0.2, -0.15) is 0 Å². The van der Waals surface area contributed by atoms with Crippen LogP contribution in [0.3, 0.4) is 0 Å². The summed E-state index contributed by atoms with van der Waals surface area (Å²) in [6.45, 7) is 0.863. The maximum atomic E-state index is 12.8. The van der Waals surface area contributed by atoms with E-state index in [1.807, 2.05) is 66.7 Å². The van der Waals surface area contributed by atoms with Crippen LogP contribution in [-0.2, 0) is 13.2 Å². The second-order valence-electron chi connectivity index (χ2n) is 10.5. The summed E-state index contributed by atoms with van der Waals surface area (Å²) in [5.74, 6) is 0.860. The van der Waals surface area contributed by atoms with E-state index >= 15 is 0 Å². The Kier molecular flexibility index (Phi) is 9.91. The summed E-state index contributed by atoms with van der Waals surface area (Å²) >= 11 is 6.52. The highest BCUT2D eigenvalue weighted by Crippen LogP contribution is 2.32. The highest BCUT2D eigenvalue weighted by atomic mass is 35.5. The summed E-state index contributed by atoms with van der Waals surface area (Å²) in [7, 11) is 0. The number of hydrogen-bond donors (Lipinski definition) is 0. The third kappa shape index (κ3) is 8.45. The van der Waals surface area contributed by atoms with Crippen LogP contribution >= 0.6 is 11.6 Å². The van der Waals surface area contributed by atoms with Gasteiger partial charge in [0.05, 0.1) is 16.1 Å². The van der Waals surface area contributed by atoms with E-state index in [9.17, 15) is 9.59 Å². The van der Waals surface area contributed by atoms with Gasteiger partial charge in [-0.05, 0) is 95.1 Å². The number of rotatable bonds is 11. The van der Waals surface area contributed by atoms with E-state index in [-0.39, 0.29) is 10.8 Å². The van der Waals surface area contributed by atoms with Crippen LogP contribution < -0.4 is 18.9 Å². The molecule has 0 spiro atoms. The lowest BCUT2D eigenvalue weighted by molar-refractivity contribution is 0.0725. The molecule has 0 saturated carbocycles. The quantitative estimate of drug-likeness (QED) is 0.104. The normalized spacial score (nSPS) is 10.6. The summed E-state index contributed by atoms with van der Waals surface area (Å²) < 4.78 is 22.8. The summed E-state index contributed by atoms with van der Waals surface area (Å²) in [5.41, 5.74) is 4.39. The molecular weight excluding hydrogens is 612 g/mol. The first kappa shape index (κ1) is 31.1. The Morgan fingerprint density at radius 3 is 1.51 bits per heavy atom. The molecule has 0 fully saturated rings. The zero-order valence-corrected chi connectivity index (χ0v) is 25.9. The first-order valence-electron chi connectivity index (χ1n) is 14.9. The summed E-state index contributed by atoms with van der Waals surface area (Å²) in [4.78, 5) is 25.7. The largest absolute Gasteiger partial charge is 0.489 e. The van der Waals surface area contributed by atoms with E-state index < -0.39 is 11.9 Å². The molecule has 47 heavy (non-hydrogen) atoms. The molecule has 0 amide bonds. The Morgan fingerprint density at radius 2 is 0.979 bits per heavy atom. The fraction of sp³-hybridized carbons (Fsp3) is 0.0500. The molecule has 0 unspecified atom stereocenters. The van der Waals surface area contributed by atoms with Crippen molar-refractivity contribution < 1.29 is 28.5 Å². The van der Waals surface area contributed by atoms with Gasteiger partial charge in [-0.3, -0.25) is 0 Å². The molecular formula is C40H29ClO6. The van der Waals surface area contributed by atoms with Crippen LogP contribution in [0.15, 0.2) is 152 Å². The molecule has 0 aliphatic carbocycles. The van der Waals surface area contributed by atoms with Crippen molar-refractivity contribution in [3.63, 3.8) is 0 Å². The maximum Gasteiger partial charge on any atom is 0.343 e. The molecule has 0 aliphatic heterocycles. The molecule has 0 radical (unpaired) electrons. The maximum absolute atomic E-state index is 12.8. The van der Waals surface area contributed by atoms with E-state index in [1.165, 1.54) is 0 Å². The van der Waals surface area contributed by atoms with Crippen molar-refractivity contribution in [1.29, 1.82) is 0 Å². The Morgan fingerprint density at radius 1 is 0.468 bits per heavy atom. The van der Waals surface area contributed by atoms with E-state index in [1.54, 1.807) is 84.9 Å². The van der Waals surface area contributed by atoms with Gasteiger partial charge >= 0.3 is 11.9 Å². The minimum atomic E-state index is -0.543. The fourth-order valence-corrected chi connectivity index (χ4v) is 4.90. The number of carbonyl (C=O) groups is 2. The van der Waals surface area contributed by atoms with Gasteiger partial charge in [-0.25, -0.2) is 9.59 Å². The monoisotopic (exact) mass is 640 g/mol. The van der Waals surface area contributed by atoms with Crippen LogP contribution in [0.4, 0.5) is 0 Å². The Hall–Kier alpha value is -5.85. The van der Waals surface area contributed by atoms with Crippen LogP contribution in [0.1, 0.15) is 31.8 Å². The van der Waals surface area contributed by atoms with Gasteiger partial charge in [0, 0.05) is 0 Å². The van der Waals surface area contributed by atoms with Gasteiger partial charge in [0.25, 0.3) is 0 Å². The summed E-state index contributed by atoms with van der Waals surface area (Å²) in [6, 6.07) is 45.4. The van der Waals surface area contributed by atoms with Crippen LogP contribution in [0, 0.1) is 0 Å². The lowest BCUT2D eigenvalue weighted by Gasteiger charge is -2.11. The van der Waals surface area contributed by atoms with Gasteiger partial charge in [-0.1, -0.05) is 90.5 Å². The van der Waals surface area contributed by atoms with Crippen molar-refractivity contribution in [1.82, 2.24) is 0 Å². The van der Waals surface area contributed by atoms with E-state index in [4.69, 9.17) is 30.5 Å². The molecule has 0 atom stereocenters. The third-order valence-electron chi connectivity index (χ3n) is 7.19. The average molecular weight is 641 g/mol. The van der Waals surface area contributed by atoms with Crippen LogP contribution in [0.2, 0.25) is 5.02 Å². The van der Waals surface area contributed by atoms with Gasteiger partial charge in [0.2, 0.25) is 0 Å². The molecule has 6 aromatic carbocycles. The highest BCUT2D eigenvalue weighted by molar-refractivity contribution is 6.32. The molecule has 232 valence electrons. The van der Waals surface area contributed by atoms with Gasteiger partial charge in [0.15, 0.2) is 0 Å². The third-order valence-corrected chi connectivity index (χ3v) is 7.48. The highest BCUT2D eigenvalue weighted by Gasteiger charge is 2.14. The van der Waals surface area contributed by atoms with Crippen LogP contribution in [-0.4, -0.2) is 11.9 Å². The average Bonchev–Trinajstić information content (AvgIpc) is 3.12. The molecule has 0 heterocycles. The fourth-order valence-electron chi connectivity index (χ4n) is 4.68. The van der Waals surface area contributed by atoms with Gasteiger partial charge in [-0.15, -0.1) is 0 Å². The lowest BCUT2D eigenvalue weighted by Crippen LogP contribution is -2.09. The second-order valence-corrected chi connectivity index (χ2v) is 11.0. The topological polar surface area (TPSA) is 71.1 Å². The summed E-state index contributed by atoms with van der Waals surface area (Å²) in [5, 5.41) is 0.260. The van der Waals surface area contributed by atoms with E-state index in [2.05, 4.69) is 0 Å². The Bertz CT molecular complexity index is 1960. The van der Waals surface area contributed by atoms with Crippen LogP contribution in [0.25, 0.3) is 11.1 Å². The lowest BCUT2D eigenvalue weighted by atomic mass is 10.1. The molecule has 0 aliphatic rings. The van der Waals surface area contributed by atoms with E-state index in [0.717, 1.165) is 22.3 Å². The molecule has 6 rings (SSSR count). The SMILES string of the molecule is O=C(Oc1cccc(-c2ccc(OC(=O)c3ccc(OCc4ccccc4)cc3)c(Cl)c2)c1)c1ccc(OCc2ccccc2)cc1. The number of ether oxygens (including phenoxy) is 4. The van der Waals surface area contributed by atoms with Crippen molar-refractivity contribution in [3.8, 4) is 34.1 Å². The minimum Gasteiger partial charge on any atom is -0.489 e. The smallest absolute Gasteiger partial charge is 0.343 e. The number of benzene rings is 6.